The third-order valence-corrected chi connectivity index (χ3v) is 4.32. The summed E-state index contributed by atoms with van der Waals surface area (Å²) in [5.41, 5.74) is 3.97. The number of anilines is 1. The molecule has 1 aromatic heterocycles. The molecule has 126 valence electrons. The van der Waals surface area contributed by atoms with Gasteiger partial charge >= 0.3 is 0 Å². The predicted molar refractivity (Wildman–Crippen MR) is 88.5 cm³/mol. The Morgan fingerprint density at radius 1 is 1.17 bits per heavy atom. The SMILES string of the molecule is CC(=O)c1ccc2c(c1)CCN2C(=O)CC[n+]1ccc(C)cc1.[Br-]. The Morgan fingerprint density at radius 2 is 1.88 bits per heavy atom. The monoisotopic (exact) mass is 388 g/mol. The predicted octanol–water partition coefficient (Wildman–Crippen LogP) is -0.531. The maximum Gasteiger partial charge on any atom is 0.233 e. The summed E-state index contributed by atoms with van der Waals surface area (Å²) in [7, 11) is 0. The van der Waals surface area contributed by atoms with E-state index in [1.807, 2.05) is 59.1 Å². The molecule has 0 saturated carbocycles. The molecule has 5 heteroatoms. The van der Waals surface area contributed by atoms with Gasteiger partial charge in [-0.2, -0.15) is 0 Å². The molecular weight excluding hydrogens is 368 g/mol. The van der Waals surface area contributed by atoms with Crippen LogP contribution in [0, 0.1) is 6.92 Å². The Morgan fingerprint density at radius 3 is 2.54 bits per heavy atom. The van der Waals surface area contributed by atoms with Crippen molar-refractivity contribution in [2.45, 2.75) is 33.2 Å². The molecule has 0 atom stereocenters. The lowest BCUT2D eigenvalue weighted by atomic mass is 10.1. The van der Waals surface area contributed by atoms with E-state index in [0.29, 0.717) is 25.1 Å². The number of fused-ring (bicyclic) bond motifs is 1. The van der Waals surface area contributed by atoms with Gasteiger partial charge in [-0.05, 0) is 49.6 Å². The van der Waals surface area contributed by atoms with Crippen molar-refractivity contribution >= 4 is 17.4 Å². The summed E-state index contributed by atoms with van der Waals surface area (Å²) >= 11 is 0. The summed E-state index contributed by atoms with van der Waals surface area (Å²) in [6.07, 6.45) is 5.29. The van der Waals surface area contributed by atoms with Gasteiger partial charge in [-0.25, -0.2) is 4.57 Å². The Labute approximate surface area is 152 Å². The van der Waals surface area contributed by atoms with Crippen LogP contribution in [0.3, 0.4) is 0 Å². The number of ketones is 1. The summed E-state index contributed by atoms with van der Waals surface area (Å²) in [6, 6.07) is 9.70. The van der Waals surface area contributed by atoms with Gasteiger partial charge in [-0.3, -0.25) is 9.59 Å². The van der Waals surface area contributed by atoms with E-state index in [2.05, 4.69) is 0 Å². The average Bonchev–Trinajstić information content (AvgIpc) is 2.97. The number of hydrogen-bond donors (Lipinski definition) is 0. The highest BCUT2D eigenvalue weighted by Gasteiger charge is 2.25. The first-order valence-corrected chi connectivity index (χ1v) is 7.94. The van der Waals surface area contributed by atoms with E-state index in [4.69, 9.17) is 0 Å². The summed E-state index contributed by atoms with van der Waals surface area (Å²) in [5, 5.41) is 0. The molecule has 0 spiro atoms. The number of Topliss-reactive ketones (excluding diaryl/α,β-unsaturated/α-hetero) is 1. The van der Waals surface area contributed by atoms with Crippen molar-refractivity contribution in [3.05, 3.63) is 59.4 Å². The Kier molecular flexibility index (Phi) is 5.89. The highest BCUT2D eigenvalue weighted by molar-refractivity contribution is 5.98. The molecule has 0 fully saturated rings. The van der Waals surface area contributed by atoms with E-state index in [1.54, 1.807) is 6.92 Å². The van der Waals surface area contributed by atoms with Crippen LogP contribution in [0.15, 0.2) is 42.7 Å². The van der Waals surface area contributed by atoms with Gasteiger partial charge in [0, 0.05) is 29.9 Å². The van der Waals surface area contributed by atoms with Crippen molar-refractivity contribution in [2.24, 2.45) is 0 Å². The van der Waals surface area contributed by atoms with Crippen LogP contribution in [0.25, 0.3) is 0 Å². The van der Waals surface area contributed by atoms with Crippen molar-refractivity contribution in [3.63, 3.8) is 0 Å². The van der Waals surface area contributed by atoms with Gasteiger partial charge in [0.2, 0.25) is 5.91 Å². The molecule has 0 N–H and O–H groups in total. The number of amides is 1. The maximum absolute atomic E-state index is 12.5. The molecule has 4 nitrogen and oxygen atoms in total. The third kappa shape index (κ3) is 3.90. The second-order valence-electron chi connectivity index (χ2n) is 6.06. The molecule has 3 rings (SSSR count). The lowest BCUT2D eigenvalue weighted by molar-refractivity contribution is -0.695. The highest BCUT2D eigenvalue weighted by Crippen LogP contribution is 2.29. The summed E-state index contributed by atoms with van der Waals surface area (Å²) in [4.78, 5) is 25.8. The summed E-state index contributed by atoms with van der Waals surface area (Å²) < 4.78 is 2.03. The first-order valence-electron chi connectivity index (χ1n) is 7.94. The Bertz CT molecular complexity index is 756. The van der Waals surface area contributed by atoms with Gasteiger partial charge in [0.1, 0.15) is 0 Å². The fraction of sp³-hybridized carbons (Fsp3) is 0.316. The second kappa shape index (κ2) is 7.71. The van der Waals surface area contributed by atoms with Gasteiger partial charge in [-0.15, -0.1) is 0 Å². The van der Waals surface area contributed by atoms with E-state index >= 15 is 0 Å². The van der Waals surface area contributed by atoms with Gasteiger partial charge < -0.3 is 21.9 Å². The van der Waals surface area contributed by atoms with Crippen LogP contribution in [0.4, 0.5) is 5.69 Å². The van der Waals surface area contributed by atoms with Crippen molar-refractivity contribution in [1.29, 1.82) is 0 Å². The first-order chi connectivity index (χ1) is 11.0. The van der Waals surface area contributed by atoms with Crippen LogP contribution in [0.2, 0.25) is 0 Å². The normalized spacial score (nSPS) is 12.5. The summed E-state index contributed by atoms with van der Waals surface area (Å²) in [5.74, 6) is 0.195. The number of benzene rings is 1. The van der Waals surface area contributed by atoms with Gasteiger partial charge in [0.15, 0.2) is 24.7 Å². The van der Waals surface area contributed by atoms with Gasteiger partial charge in [0.05, 0.1) is 6.42 Å². The molecule has 1 aromatic carbocycles. The standard InChI is InChI=1S/C19H21N2O2.BrH/c1-14-5-9-20(10-6-14)11-8-19(23)21-12-7-17-13-16(15(2)22)3-4-18(17)21;/h3-6,9-10,13H,7-8,11-12H2,1-2H3;1H/q+1;/p-1. The van der Waals surface area contributed by atoms with Crippen LogP contribution in [-0.2, 0) is 17.8 Å². The molecule has 0 bridgehead atoms. The smallest absolute Gasteiger partial charge is 0.233 e. The topological polar surface area (TPSA) is 41.3 Å². The van der Waals surface area contributed by atoms with E-state index < -0.39 is 0 Å². The lowest BCUT2D eigenvalue weighted by Gasteiger charge is -2.16. The number of nitrogens with zero attached hydrogens (tertiary/aromatic N) is 2. The third-order valence-electron chi connectivity index (χ3n) is 4.32. The number of carbonyl (C=O) groups excluding carboxylic acids is 2. The molecular formula is C19H21BrN2O2. The molecule has 1 amide bonds. The van der Waals surface area contributed by atoms with Crippen LogP contribution in [-0.4, -0.2) is 18.2 Å². The quantitative estimate of drug-likeness (QED) is 0.521. The number of aryl methyl sites for hydroxylation is 2. The zero-order valence-corrected chi connectivity index (χ0v) is 15.5. The Balaban J connectivity index is 0.00000208. The minimum Gasteiger partial charge on any atom is -1.00 e. The lowest BCUT2D eigenvalue weighted by Crippen LogP contribution is -3.00. The molecule has 0 aliphatic carbocycles. The highest BCUT2D eigenvalue weighted by atomic mass is 79.9. The van der Waals surface area contributed by atoms with E-state index in [1.165, 1.54) is 5.56 Å². The van der Waals surface area contributed by atoms with Crippen molar-refractivity contribution in [1.82, 2.24) is 0 Å². The number of rotatable bonds is 4. The van der Waals surface area contributed by atoms with Crippen molar-refractivity contribution in [3.8, 4) is 0 Å². The van der Waals surface area contributed by atoms with Crippen LogP contribution in [0.5, 0.6) is 0 Å². The molecule has 1 aliphatic heterocycles. The average molecular weight is 389 g/mol. The number of halogens is 1. The minimum absolute atomic E-state index is 0. The van der Waals surface area contributed by atoms with Gasteiger partial charge in [0.25, 0.3) is 0 Å². The first kappa shape index (κ1) is 18.3. The zero-order chi connectivity index (χ0) is 16.4. The van der Waals surface area contributed by atoms with E-state index in [9.17, 15) is 9.59 Å². The Hall–Kier alpha value is -2.01. The fourth-order valence-corrected chi connectivity index (χ4v) is 2.92. The molecule has 0 radical (unpaired) electrons. The van der Waals surface area contributed by atoms with Crippen LogP contribution < -0.4 is 26.4 Å². The minimum atomic E-state index is 0. The number of aromatic nitrogens is 1. The molecule has 2 aromatic rings. The second-order valence-corrected chi connectivity index (χ2v) is 6.06. The molecule has 2 heterocycles. The zero-order valence-electron chi connectivity index (χ0n) is 14.0. The van der Waals surface area contributed by atoms with E-state index in [0.717, 1.165) is 17.7 Å². The molecule has 0 unspecified atom stereocenters. The number of pyridine rings is 1. The fourth-order valence-electron chi connectivity index (χ4n) is 2.92. The van der Waals surface area contributed by atoms with Gasteiger partial charge in [-0.1, -0.05) is 0 Å². The largest absolute Gasteiger partial charge is 1.00 e. The molecule has 24 heavy (non-hydrogen) atoms. The van der Waals surface area contributed by atoms with E-state index in [-0.39, 0.29) is 28.7 Å². The number of hydrogen-bond acceptors (Lipinski definition) is 2. The number of carbonyl (C=O) groups is 2. The van der Waals surface area contributed by atoms with Crippen LogP contribution in [0.1, 0.15) is 34.8 Å². The summed E-state index contributed by atoms with van der Waals surface area (Å²) in [6.45, 7) is 4.99. The van der Waals surface area contributed by atoms with Crippen LogP contribution >= 0.6 is 0 Å². The maximum atomic E-state index is 12.5. The molecule has 1 aliphatic rings. The van der Waals surface area contributed by atoms with Crippen molar-refractivity contribution in [2.75, 3.05) is 11.4 Å². The van der Waals surface area contributed by atoms with Crippen molar-refractivity contribution < 1.29 is 31.1 Å². The molecule has 0 saturated heterocycles.